The van der Waals surface area contributed by atoms with Crippen LogP contribution >= 0.6 is 11.8 Å². The van der Waals surface area contributed by atoms with Gasteiger partial charge in [-0.25, -0.2) is 20.4 Å². The van der Waals surface area contributed by atoms with Crippen LogP contribution in [-0.2, 0) is 4.79 Å². The van der Waals surface area contributed by atoms with Gasteiger partial charge in [-0.15, -0.1) is 0 Å². The van der Waals surface area contributed by atoms with Gasteiger partial charge in [0.15, 0.2) is 11.0 Å². The van der Waals surface area contributed by atoms with E-state index in [1.165, 1.54) is 11.8 Å². The van der Waals surface area contributed by atoms with Gasteiger partial charge in [0.25, 0.3) is 0 Å². The Bertz CT molecular complexity index is 1010. The second-order valence-corrected chi connectivity index (χ2v) is 8.65. The zero-order chi connectivity index (χ0) is 22.7. The average Bonchev–Trinajstić information content (AvgIpc) is 3.05. The highest BCUT2D eigenvalue weighted by molar-refractivity contribution is 7.99. The molecular weight excluding hydrogens is 443 g/mol. The quantitative estimate of drug-likeness (QED) is 0.561. The van der Waals surface area contributed by atoms with E-state index in [1.54, 1.807) is 24.3 Å². The Morgan fingerprint density at radius 1 is 1.28 bits per heavy atom. The van der Waals surface area contributed by atoms with Gasteiger partial charge >= 0.3 is 6.18 Å². The SMILES string of the molecule is CC1CC(=Nc2cc(N3CCC3)nc(Sc3ccc(NC(=O)CC(F)(F)F)cc3)n2)NN1. The summed E-state index contributed by atoms with van der Waals surface area (Å²) < 4.78 is 36.9. The Labute approximate surface area is 187 Å². The van der Waals surface area contributed by atoms with Crippen LogP contribution in [0.2, 0.25) is 0 Å². The van der Waals surface area contributed by atoms with Crippen molar-refractivity contribution in [3.63, 3.8) is 0 Å². The maximum atomic E-state index is 12.3. The highest BCUT2D eigenvalue weighted by Crippen LogP contribution is 2.31. The van der Waals surface area contributed by atoms with Gasteiger partial charge in [-0.3, -0.25) is 4.79 Å². The molecule has 0 saturated carbocycles. The molecule has 2 aliphatic rings. The first-order valence-electron chi connectivity index (χ1n) is 10.1. The maximum absolute atomic E-state index is 12.3. The van der Waals surface area contributed by atoms with Crippen molar-refractivity contribution in [2.45, 2.75) is 48.5 Å². The maximum Gasteiger partial charge on any atom is 0.397 e. The van der Waals surface area contributed by atoms with Crippen LogP contribution in [-0.4, -0.2) is 47.0 Å². The highest BCUT2D eigenvalue weighted by atomic mass is 32.2. The summed E-state index contributed by atoms with van der Waals surface area (Å²) in [6, 6.07) is 8.64. The van der Waals surface area contributed by atoms with Crippen LogP contribution in [0, 0.1) is 0 Å². The van der Waals surface area contributed by atoms with Gasteiger partial charge in [-0.05, 0) is 49.4 Å². The largest absolute Gasteiger partial charge is 0.397 e. The van der Waals surface area contributed by atoms with Gasteiger partial charge in [-0.2, -0.15) is 13.2 Å². The summed E-state index contributed by atoms with van der Waals surface area (Å²) in [6.45, 7) is 3.91. The number of amides is 1. The highest BCUT2D eigenvalue weighted by Gasteiger charge is 2.31. The molecular formula is C20H22F3N7OS. The smallest absolute Gasteiger partial charge is 0.356 e. The summed E-state index contributed by atoms with van der Waals surface area (Å²) in [5.74, 6) is 1.07. The first-order valence-corrected chi connectivity index (χ1v) is 10.9. The first-order chi connectivity index (χ1) is 15.2. The minimum Gasteiger partial charge on any atom is -0.356 e. The first kappa shape index (κ1) is 22.3. The van der Waals surface area contributed by atoms with E-state index in [1.807, 2.05) is 6.07 Å². The third kappa shape index (κ3) is 6.10. The number of halogens is 3. The minimum absolute atomic E-state index is 0.287. The van der Waals surface area contributed by atoms with Crippen molar-refractivity contribution in [1.82, 2.24) is 20.8 Å². The molecule has 2 aliphatic heterocycles. The standard InChI is InChI=1S/C20H22F3N7OS/c1-12-9-16(29-28-12)25-15-10-17(30-7-2-8-30)27-19(26-15)32-14-5-3-13(4-6-14)24-18(31)11-20(21,22)23/h3-6,10,12,28H,2,7-9,11H2,1H3,(H,24,31)(H,25,26,27,29). The number of alkyl halides is 3. The van der Waals surface area contributed by atoms with E-state index in [9.17, 15) is 18.0 Å². The molecule has 32 heavy (non-hydrogen) atoms. The van der Waals surface area contributed by atoms with E-state index in [2.05, 4.69) is 43.0 Å². The van der Waals surface area contributed by atoms with Gasteiger partial charge in [0, 0.05) is 42.2 Å². The van der Waals surface area contributed by atoms with E-state index in [4.69, 9.17) is 0 Å². The average molecular weight is 466 g/mol. The topological polar surface area (TPSA) is 94.5 Å². The molecule has 1 unspecified atom stereocenters. The number of anilines is 2. The Kier molecular flexibility index (Phi) is 6.51. The van der Waals surface area contributed by atoms with E-state index in [0.717, 1.165) is 42.5 Å². The predicted molar refractivity (Wildman–Crippen MR) is 116 cm³/mol. The number of aliphatic imine (C=N–C) groups is 1. The number of carbonyl (C=O) groups is 1. The monoisotopic (exact) mass is 465 g/mol. The summed E-state index contributed by atoms with van der Waals surface area (Å²) in [7, 11) is 0. The van der Waals surface area contributed by atoms with Gasteiger partial charge in [0.1, 0.15) is 18.1 Å². The molecule has 8 nitrogen and oxygen atoms in total. The van der Waals surface area contributed by atoms with Gasteiger partial charge in [0.05, 0.1) is 0 Å². The predicted octanol–water partition coefficient (Wildman–Crippen LogP) is 3.65. The molecule has 2 saturated heterocycles. The number of aromatic nitrogens is 2. The van der Waals surface area contributed by atoms with Crippen LogP contribution in [0.3, 0.4) is 0 Å². The van der Waals surface area contributed by atoms with Crippen LogP contribution in [0.15, 0.2) is 45.4 Å². The number of amidine groups is 1. The molecule has 3 heterocycles. The fraction of sp³-hybridized carbons (Fsp3) is 0.400. The van der Waals surface area contributed by atoms with Crippen LogP contribution in [0.1, 0.15) is 26.2 Å². The van der Waals surface area contributed by atoms with E-state index in [-0.39, 0.29) is 6.04 Å². The van der Waals surface area contributed by atoms with Crippen molar-refractivity contribution in [3.8, 4) is 0 Å². The number of hydrogen-bond acceptors (Lipinski definition) is 7. The Hall–Kier alpha value is -2.86. The Balaban J connectivity index is 1.48. The zero-order valence-corrected chi connectivity index (χ0v) is 18.1. The van der Waals surface area contributed by atoms with Crippen molar-refractivity contribution < 1.29 is 18.0 Å². The molecule has 1 atom stereocenters. The summed E-state index contributed by atoms with van der Waals surface area (Å²) in [6.07, 6.45) is -4.18. The van der Waals surface area contributed by atoms with E-state index < -0.39 is 18.5 Å². The number of rotatable bonds is 6. The van der Waals surface area contributed by atoms with Gasteiger partial charge < -0.3 is 15.6 Å². The lowest BCUT2D eigenvalue weighted by Gasteiger charge is -2.32. The number of nitrogens with zero attached hydrogens (tertiary/aromatic N) is 4. The van der Waals surface area contributed by atoms with Crippen LogP contribution in [0.5, 0.6) is 0 Å². The van der Waals surface area contributed by atoms with Crippen molar-refractivity contribution >= 4 is 40.8 Å². The van der Waals surface area contributed by atoms with Crippen molar-refractivity contribution in [2.24, 2.45) is 4.99 Å². The summed E-state index contributed by atoms with van der Waals surface area (Å²) in [5.41, 5.74) is 6.45. The number of benzene rings is 1. The fourth-order valence-corrected chi connectivity index (χ4v) is 3.88. The van der Waals surface area contributed by atoms with Crippen LogP contribution in [0.4, 0.5) is 30.5 Å². The second kappa shape index (κ2) is 9.33. The molecule has 0 aliphatic carbocycles. The zero-order valence-electron chi connectivity index (χ0n) is 17.2. The Morgan fingerprint density at radius 2 is 2.03 bits per heavy atom. The molecule has 1 aromatic heterocycles. The molecule has 0 radical (unpaired) electrons. The number of hydrazine groups is 1. The summed E-state index contributed by atoms with van der Waals surface area (Å²) >= 11 is 1.32. The second-order valence-electron chi connectivity index (χ2n) is 7.61. The number of nitrogens with one attached hydrogen (secondary N) is 3. The Morgan fingerprint density at radius 3 is 2.62 bits per heavy atom. The molecule has 3 N–H and O–H groups in total. The third-order valence-corrected chi connectivity index (χ3v) is 5.65. The fourth-order valence-electron chi connectivity index (χ4n) is 3.12. The molecule has 2 fully saturated rings. The van der Waals surface area contributed by atoms with Crippen LogP contribution < -0.4 is 21.1 Å². The molecule has 170 valence electrons. The van der Waals surface area contributed by atoms with E-state index in [0.29, 0.717) is 16.7 Å². The lowest BCUT2D eigenvalue weighted by molar-refractivity contribution is -0.150. The van der Waals surface area contributed by atoms with Gasteiger partial charge in [0.2, 0.25) is 5.91 Å². The van der Waals surface area contributed by atoms with Gasteiger partial charge in [-0.1, -0.05) is 0 Å². The minimum atomic E-state index is -4.54. The molecule has 1 amide bonds. The molecule has 0 bridgehead atoms. The molecule has 1 aromatic carbocycles. The lowest BCUT2D eigenvalue weighted by atomic mass is 10.2. The van der Waals surface area contributed by atoms with E-state index >= 15 is 0 Å². The number of hydrogen-bond donors (Lipinski definition) is 3. The number of carbonyl (C=O) groups excluding carboxylic acids is 1. The summed E-state index contributed by atoms with van der Waals surface area (Å²) in [4.78, 5) is 28.2. The van der Waals surface area contributed by atoms with Crippen molar-refractivity contribution in [3.05, 3.63) is 30.3 Å². The van der Waals surface area contributed by atoms with Crippen LogP contribution in [0.25, 0.3) is 0 Å². The molecule has 0 spiro atoms. The molecule has 2 aromatic rings. The van der Waals surface area contributed by atoms with Crippen molar-refractivity contribution in [1.29, 1.82) is 0 Å². The van der Waals surface area contributed by atoms with Crippen molar-refractivity contribution in [2.75, 3.05) is 23.3 Å². The molecule has 12 heteroatoms. The normalized spacial score (nSPS) is 19.6. The molecule has 4 rings (SSSR count). The summed E-state index contributed by atoms with van der Waals surface area (Å²) in [5, 5.41) is 2.76. The lowest BCUT2D eigenvalue weighted by Crippen LogP contribution is -2.37. The third-order valence-electron chi connectivity index (χ3n) is 4.78.